The first-order chi connectivity index (χ1) is 6.79. The first-order valence-corrected chi connectivity index (χ1v) is 4.23. The molecule has 0 atom stereocenters. The van der Waals surface area contributed by atoms with Gasteiger partial charge in [0.15, 0.2) is 0 Å². The lowest BCUT2D eigenvalue weighted by atomic mass is 10.0. The number of fused-ring (bicyclic) bond motifs is 1. The SMILES string of the molecule is O=C([O-])C1=CC=CNc2ccccc21. The molecule has 1 N–H and O–H groups in total. The predicted octanol–water partition coefficient (Wildman–Crippen LogP) is 0.759. The Bertz CT molecular complexity index is 433. The number of nitrogens with one attached hydrogen (secondary N) is 1. The number of allylic oxidation sites excluding steroid dienone is 2. The number of carboxylic acids is 1. The van der Waals surface area contributed by atoms with E-state index in [0.29, 0.717) is 5.56 Å². The van der Waals surface area contributed by atoms with E-state index in [2.05, 4.69) is 5.32 Å². The second-order valence-electron chi connectivity index (χ2n) is 2.92. The average molecular weight is 186 g/mol. The van der Waals surface area contributed by atoms with Crippen LogP contribution in [0.5, 0.6) is 0 Å². The minimum absolute atomic E-state index is 0.196. The molecule has 70 valence electrons. The quantitative estimate of drug-likeness (QED) is 0.704. The molecule has 0 aromatic heterocycles. The molecule has 0 aliphatic carbocycles. The molecule has 1 aliphatic heterocycles. The zero-order valence-electron chi connectivity index (χ0n) is 7.36. The summed E-state index contributed by atoms with van der Waals surface area (Å²) in [6.07, 6.45) is 4.86. The number of rotatable bonds is 1. The second kappa shape index (κ2) is 3.38. The van der Waals surface area contributed by atoms with E-state index in [0.717, 1.165) is 5.69 Å². The average Bonchev–Trinajstić information content (AvgIpc) is 2.39. The van der Waals surface area contributed by atoms with Crippen LogP contribution in [0, 0.1) is 0 Å². The lowest BCUT2D eigenvalue weighted by Gasteiger charge is -2.11. The summed E-state index contributed by atoms with van der Waals surface area (Å²) in [4.78, 5) is 10.8. The van der Waals surface area contributed by atoms with Crippen LogP contribution in [-0.2, 0) is 4.79 Å². The first-order valence-electron chi connectivity index (χ1n) is 4.23. The maximum atomic E-state index is 10.8. The number of hydrogen-bond acceptors (Lipinski definition) is 3. The van der Waals surface area contributed by atoms with E-state index in [1.165, 1.54) is 6.08 Å². The van der Waals surface area contributed by atoms with Crippen LogP contribution < -0.4 is 10.4 Å². The topological polar surface area (TPSA) is 52.2 Å². The Morgan fingerprint density at radius 3 is 2.86 bits per heavy atom. The molecular weight excluding hydrogens is 178 g/mol. The van der Waals surface area contributed by atoms with Crippen LogP contribution >= 0.6 is 0 Å². The number of benzene rings is 1. The largest absolute Gasteiger partial charge is 0.545 e. The minimum atomic E-state index is -1.16. The first kappa shape index (κ1) is 8.56. The number of carboxylic acid groups (broad SMARTS) is 1. The zero-order valence-corrected chi connectivity index (χ0v) is 7.36. The van der Waals surface area contributed by atoms with Crippen molar-refractivity contribution in [2.24, 2.45) is 0 Å². The lowest BCUT2D eigenvalue weighted by molar-refractivity contribution is -0.295. The van der Waals surface area contributed by atoms with E-state index in [9.17, 15) is 9.90 Å². The highest BCUT2D eigenvalue weighted by Crippen LogP contribution is 2.25. The van der Waals surface area contributed by atoms with Crippen molar-refractivity contribution >= 4 is 17.2 Å². The third-order valence-corrected chi connectivity index (χ3v) is 2.04. The summed E-state index contributed by atoms with van der Waals surface area (Å²) in [5.74, 6) is -1.16. The Morgan fingerprint density at radius 1 is 1.29 bits per heavy atom. The maximum Gasteiger partial charge on any atom is 0.0722 e. The molecular formula is C11H8NO2-. The van der Waals surface area contributed by atoms with Crippen LogP contribution in [0.2, 0.25) is 0 Å². The number of carbonyl (C=O) groups excluding carboxylic acids is 1. The van der Waals surface area contributed by atoms with Gasteiger partial charge in [-0.3, -0.25) is 0 Å². The van der Waals surface area contributed by atoms with Crippen LogP contribution in [-0.4, -0.2) is 5.97 Å². The molecule has 0 spiro atoms. The zero-order chi connectivity index (χ0) is 9.97. The van der Waals surface area contributed by atoms with Gasteiger partial charge in [-0.25, -0.2) is 0 Å². The van der Waals surface area contributed by atoms with Crippen LogP contribution in [0.1, 0.15) is 5.56 Å². The lowest BCUT2D eigenvalue weighted by Crippen LogP contribution is -2.23. The molecule has 1 aromatic carbocycles. The van der Waals surface area contributed by atoms with Crippen molar-refractivity contribution in [3.8, 4) is 0 Å². The molecule has 0 saturated carbocycles. The van der Waals surface area contributed by atoms with Crippen LogP contribution in [0.25, 0.3) is 5.57 Å². The summed E-state index contributed by atoms with van der Waals surface area (Å²) in [5.41, 5.74) is 1.62. The fourth-order valence-corrected chi connectivity index (χ4v) is 1.39. The van der Waals surface area contributed by atoms with E-state index in [4.69, 9.17) is 0 Å². The van der Waals surface area contributed by atoms with Gasteiger partial charge in [0.1, 0.15) is 0 Å². The molecule has 0 radical (unpaired) electrons. The number of aliphatic carboxylic acids is 1. The third-order valence-electron chi connectivity index (χ3n) is 2.04. The monoisotopic (exact) mass is 186 g/mol. The maximum absolute atomic E-state index is 10.8. The Balaban J connectivity index is 2.59. The van der Waals surface area contributed by atoms with Gasteiger partial charge in [0, 0.05) is 23.0 Å². The molecule has 3 heteroatoms. The van der Waals surface area contributed by atoms with Gasteiger partial charge in [-0.05, 0) is 12.1 Å². The molecule has 1 heterocycles. The van der Waals surface area contributed by atoms with E-state index < -0.39 is 5.97 Å². The molecule has 1 aromatic rings. The van der Waals surface area contributed by atoms with Crippen molar-refractivity contribution in [2.45, 2.75) is 0 Å². The van der Waals surface area contributed by atoms with E-state index in [1.54, 1.807) is 24.4 Å². The van der Waals surface area contributed by atoms with Gasteiger partial charge >= 0.3 is 0 Å². The van der Waals surface area contributed by atoms with Gasteiger partial charge in [-0.15, -0.1) is 0 Å². The van der Waals surface area contributed by atoms with Crippen molar-refractivity contribution in [3.63, 3.8) is 0 Å². The summed E-state index contributed by atoms with van der Waals surface area (Å²) in [6.45, 7) is 0. The van der Waals surface area contributed by atoms with Gasteiger partial charge < -0.3 is 15.2 Å². The van der Waals surface area contributed by atoms with E-state index in [1.807, 2.05) is 12.1 Å². The van der Waals surface area contributed by atoms with Crippen molar-refractivity contribution < 1.29 is 9.90 Å². The molecule has 0 amide bonds. The molecule has 14 heavy (non-hydrogen) atoms. The second-order valence-corrected chi connectivity index (χ2v) is 2.92. The van der Waals surface area contributed by atoms with Crippen LogP contribution in [0.15, 0.2) is 42.6 Å². The number of anilines is 1. The highest BCUT2D eigenvalue weighted by atomic mass is 16.4. The smallest absolute Gasteiger partial charge is 0.0722 e. The van der Waals surface area contributed by atoms with Gasteiger partial charge in [0.2, 0.25) is 0 Å². The van der Waals surface area contributed by atoms with Crippen molar-refractivity contribution in [3.05, 3.63) is 48.2 Å². The Morgan fingerprint density at radius 2 is 2.07 bits per heavy atom. The van der Waals surface area contributed by atoms with Crippen LogP contribution in [0.3, 0.4) is 0 Å². The molecule has 0 fully saturated rings. The Labute approximate surface area is 81.4 Å². The van der Waals surface area contributed by atoms with Gasteiger partial charge in [0.25, 0.3) is 0 Å². The third kappa shape index (κ3) is 1.40. The Kier molecular flexibility index (Phi) is 2.07. The summed E-state index contributed by atoms with van der Waals surface area (Å²) in [7, 11) is 0. The number of hydrogen-bond donors (Lipinski definition) is 1. The fraction of sp³-hybridized carbons (Fsp3) is 0. The highest BCUT2D eigenvalue weighted by Gasteiger charge is 2.08. The highest BCUT2D eigenvalue weighted by molar-refractivity contribution is 6.16. The summed E-state index contributed by atoms with van der Waals surface area (Å²) < 4.78 is 0. The van der Waals surface area contributed by atoms with Crippen molar-refractivity contribution in [1.82, 2.24) is 0 Å². The van der Waals surface area contributed by atoms with Crippen molar-refractivity contribution in [1.29, 1.82) is 0 Å². The molecule has 0 bridgehead atoms. The molecule has 3 nitrogen and oxygen atoms in total. The van der Waals surface area contributed by atoms with Gasteiger partial charge in [0.05, 0.1) is 5.97 Å². The summed E-state index contributed by atoms with van der Waals surface area (Å²) >= 11 is 0. The van der Waals surface area contributed by atoms with Crippen LogP contribution in [0.4, 0.5) is 5.69 Å². The van der Waals surface area contributed by atoms with Crippen molar-refractivity contribution in [2.75, 3.05) is 5.32 Å². The molecule has 0 saturated heterocycles. The standard InChI is InChI=1S/C11H9NO2/c13-11(14)9-5-3-7-12-10-6-2-1-4-8(9)10/h1-7,12H,(H,13,14)/p-1. The van der Waals surface area contributed by atoms with E-state index in [-0.39, 0.29) is 5.57 Å². The molecule has 1 aliphatic rings. The van der Waals surface area contributed by atoms with Gasteiger partial charge in [-0.1, -0.05) is 24.3 Å². The van der Waals surface area contributed by atoms with Gasteiger partial charge in [-0.2, -0.15) is 0 Å². The summed E-state index contributed by atoms with van der Waals surface area (Å²) in [5, 5.41) is 13.8. The van der Waals surface area contributed by atoms with E-state index >= 15 is 0 Å². The molecule has 2 rings (SSSR count). The number of para-hydroxylation sites is 1. The molecule has 0 unspecified atom stereocenters. The normalized spacial score (nSPS) is 13.6. The fourth-order valence-electron chi connectivity index (χ4n) is 1.39. The Hall–Kier alpha value is -2.03. The minimum Gasteiger partial charge on any atom is -0.545 e. The summed E-state index contributed by atoms with van der Waals surface area (Å²) in [6, 6.07) is 7.21. The number of carbonyl (C=O) groups is 1. The predicted molar refractivity (Wildman–Crippen MR) is 52.2 cm³/mol.